The number of anilines is 4. The molecule has 1 atom stereocenters. The lowest BCUT2D eigenvalue weighted by molar-refractivity contribution is -0.106. The van der Waals surface area contributed by atoms with E-state index in [0.29, 0.717) is 12.0 Å². The van der Waals surface area contributed by atoms with Gasteiger partial charge in [-0.1, -0.05) is 18.2 Å². The van der Waals surface area contributed by atoms with Crippen molar-refractivity contribution < 1.29 is 4.79 Å². The third-order valence-corrected chi connectivity index (χ3v) is 7.10. The maximum absolute atomic E-state index is 12.2. The normalized spacial score (nSPS) is 15.5. The van der Waals surface area contributed by atoms with Crippen LogP contribution in [0, 0.1) is 6.92 Å². The lowest BCUT2D eigenvalue weighted by atomic mass is 10.1. The van der Waals surface area contributed by atoms with Crippen LogP contribution in [-0.2, 0) is 11.3 Å². The molecule has 1 saturated heterocycles. The van der Waals surface area contributed by atoms with Gasteiger partial charge < -0.3 is 10.2 Å². The van der Waals surface area contributed by atoms with Crippen LogP contribution >= 0.6 is 0 Å². The van der Waals surface area contributed by atoms with Crippen LogP contribution in [0.5, 0.6) is 0 Å². The lowest BCUT2D eigenvalue weighted by Gasteiger charge is -2.24. The Bertz CT molecular complexity index is 1380. The number of hydrogen-bond donors (Lipinski definition) is 1. The molecule has 1 unspecified atom stereocenters. The average Bonchev–Trinajstić information content (AvgIpc) is 3.39. The summed E-state index contributed by atoms with van der Waals surface area (Å²) < 4.78 is 0. The van der Waals surface area contributed by atoms with Crippen molar-refractivity contribution in [3.63, 3.8) is 0 Å². The fraction of sp³-hybridized carbons (Fsp3) is 0.267. The van der Waals surface area contributed by atoms with Crippen LogP contribution in [0.2, 0.25) is 0 Å². The van der Waals surface area contributed by atoms with Gasteiger partial charge in [-0.25, -0.2) is 9.97 Å². The standard InChI is InChI=1S/C30H33N7O/c1-22-6-9-26(17-29(22)34-30-32-15-12-28(33-30)24-5-4-14-31-18-24)37(21-38)25-10-7-23(8-11-25)19-36(3)27-13-16-35(2)20-27/h4-12,14-15,17-18,21,27H,13,16,19-20H2,1-3H3,(H,32,33,34). The largest absolute Gasteiger partial charge is 0.324 e. The SMILES string of the molecule is Cc1ccc(N(C=O)c2ccc(CN(C)C3CCN(C)C3)cc2)cc1Nc1nccc(-c2cccnc2)n1. The van der Waals surface area contributed by atoms with Gasteiger partial charge in [0.05, 0.1) is 11.4 Å². The number of benzene rings is 2. The summed E-state index contributed by atoms with van der Waals surface area (Å²) in [5.74, 6) is 0.478. The van der Waals surface area contributed by atoms with Crippen molar-refractivity contribution in [3.05, 3.63) is 90.4 Å². The van der Waals surface area contributed by atoms with Gasteiger partial charge in [0.15, 0.2) is 0 Å². The Morgan fingerprint density at radius 3 is 2.61 bits per heavy atom. The zero-order valence-corrected chi connectivity index (χ0v) is 22.1. The molecule has 1 amide bonds. The highest BCUT2D eigenvalue weighted by molar-refractivity contribution is 5.88. The van der Waals surface area contributed by atoms with Gasteiger partial charge in [-0.2, -0.15) is 0 Å². The Kier molecular flexibility index (Phi) is 7.72. The number of likely N-dealkylation sites (N-methyl/N-ethyl adjacent to an activating group) is 2. The smallest absolute Gasteiger partial charge is 0.227 e. The first-order chi connectivity index (χ1) is 18.5. The Labute approximate surface area is 224 Å². The third kappa shape index (κ3) is 5.88. The molecule has 1 aliphatic heterocycles. The maximum atomic E-state index is 12.2. The van der Waals surface area contributed by atoms with Crippen LogP contribution < -0.4 is 10.2 Å². The Morgan fingerprint density at radius 1 is 1.08 bits per heavy atom. The molecule has 2 aromatic carbocycles. The van der Waals surface area contributed by atoms with Crippen molar-refractivity contribution >= 4 is 29.4 Å². The van der Waals surface area contributed by atoms with Gasteiger partial charge in [-0.15, -0.1) is 0 Å². The zero-order chi connectivity index (χ0) is 26.5. The van der Waals surface area contributed by atoms with Crippen molar-refractivity contribution in [2.45, 2.75) is 25.9 Å². The molecule has 38 heavy (non-hydrogen) atoms. The van der Waals surface area contributed by atoms with E-state index in [-0.39, 0.29) is 0 Å². The van der Waals surface area contributed by atoms with Gasteiger partial charge in [0, 0.05) is 54.7 Å². The summed E-state index contributed by atoms with van der Waals surface area (Å²) in [6.07, 6.45) is 7.28. The molecular formula is C30H33N7O. The molecule has 0 spiro atoms. The number of hydrogen-bond acceptors (Lipinski definition) is 7. The molecule has 0 aliphatic carbocycles. The predicted molar refractivity (Wildman–Crippen MR) is 152 cm³/mol. The summed E-state index contributed by atoms with van der Waals surface area (Å²) in [7, 11) is 4.36. The molecule has 8 nitrogen and oxygen atoms in total. The van der Waals surface area contributed by atoms with Crippen LogP contribution in [-0.4, -0.2) is 64.4 Å². The van der Waals surface area contributed by atoms with E-state index in [1.807, 2.05) is 55.5 Å². The van der Waals surface area contributed by atoms with Gasteiger partial charge in [0.2, 0.25) is 12.4 Å². The van der Waals surface area contributed by atoms with Crippen molar-refractivity contribution in [2.75, 3.05) is 37.4 Å². The summed E-state index contributed by atoms with van der Waals surface area (Å²) in [6.45, 7) is 5.15. The number of aromatic nitrogens is 3. The van der Waals surface area contributed by atoms with Crippen LogP contribution in [0.25, 0.3) is 11.3 Å². The summed E-state index contributed by atoms with van der Waals surface area (Å²) in [6, 6.07) is 20.4. The number of aryl methyl sites for hydroxylation is 1. The van der Waals surface area contributed by atoms with E-state index in [0.717, 1.165) is 59.9 Å². The minimum absolute atomic E-state index is 0.478. The zero-order valence-electron chi connectivity index (χ0n) is 22.1. The van der Waals surface area contributed by atoms with Crippen LogP contribution in [0.3, 0.4) is 0 Å². The molecule has 1 fully saturated rings. The summed E-state index contributed by atoms with van der Waals surface area (Å²) >= 11 is 0. The highest BCUT2D eigenvalue weighted by Crippen LogP contribution is 2.30. The average molecular weight is 508 g/mol. The van der Waals surface area contributed by atoms with Crippen LogP contribution in [0.15, 0.2) is 79.3 Å². The minimum atomic E-state index is 0.478. The lowest BCUT2D eigenvalue weighted by Crippen LogP contribution is -2.33. The molecular weight excluding hydrogens is 474 g/mol. The fourth-order valence-corrected chi connectivity index (χ4v) is 4.83. The Hall–Kier alpha value is -4.14. The van der Waals surface area contributed by atoms with E-state index in [1.165, 1.54) is 12.0 Å². The van der Waals surface area contributed by atoms with Gasteiger partial charge >= 0.3 is 0 Å². The second-order valence-electron chi connectivity index (χ2n) is 9.89. The van der Waals surface area contributed by atoms with Gasteiger partial charge in [0.1, 0.15) is 0 Å². The Balaban J connectivity index is 1.32. The number of nitrogens with zero attached hydrogens (tertiary/aromatic N) is 6. The monoisotopic (exact) mass is 507 g/mol. The molecule has 3 heterocycles. The van der Waals surface area contributed by atoms with Crippen molar-refractivity contribution in [3.8, 4) is 11.3 Å². The number of likely N-dealkylation sites (tertiary alicyclic amines) is 1. The molecule has 5 rings (SSSR count). The molecule has 0 saturated carbocycles. The van der Waals surface area contributed by atoms with E-state index in [1.54, 1.807) is 23.5 Å². The molecule has 194 valence electrons. The second kappa shape index (κ2) is 11.5. The van der Waals surface area contributed by atoms with Crippen LogP contribution in [0.4, 0.5) is 23.0 Å². The van der Waals surface area contributed by atoms with E-state index in [2.05, 4.69) is 56.3 Å². The molecule has 1 N–H and O–H groups in total. The quantitative estimate of drug-likeness (QED) is 0.319. The number of carbonyl (C=O) groups excluding carboxylic acids is 1. The number of rotatable bonds is 9. The molecule has 0 radical (unpaired) electrons. The van der Waals surface area contributed by atoms with Crippen molar-refractivity contribution in [1.82, 2.24) is 24.8 Å². The first-order valence-electron chi connectivity index (χ1n) is 12.8. The highest BCUT2D eigenvalue weighted by Gasteiger charge is 2.23. The highest BCUT2D eigenvalue weighted by atomic mass is 16.1. The summed E-state index contributed by atoms with van der Waals surface area (Å²) in [4.78, 5) is 31.8. The molecule has 0 bridgehead atoms. The number of carbonyl (C=O) groups is 1. The minimum Gasteiger partial charge on any atom is -0.324 e. The predicted octanol–water partition coefficient (Wildman–Crippen LogP) is 5.02. The fourth-order valence-electron chi connectivity index (χ4n) is 4.83. The molecule has 8 heteroatoms. The van der Waals surface area contributed by atoms with Gasteiger partial charge in [-0.05, 0) is 87.6 Å². The topological polar surface area (TPSA) is 77.5 Å². The van der Waals surface area contributed by atoms with E-state index in [4.69, 9.17) is 0 Å². The van der Waals surface area contributed by atoms with E-state index in [9.17, 15) is 4.79 Å². The second-order valence-corrected chi connectivity index (χ2v) is 9.89. The number of nitrogens with one attached hydrogen (secondary N) is 1. The summed E-state index contributed by atoms with van der Waals surface area (Å²) in [5.41, 5.74) is 6.36. The van der Waals surface area contributed by atoms with Crippen molar-refractivity contribution in [2.24, 2.45) is 0 Å². The molecule has 2 aromatic heterocycles. The van der Waals surface area contributed by atoms with E-state index < -0.39 is 0 Å². The number of amides is 1. The number of pyridine rings is 1. The Morgan fingerprint density at radius 2 is 1.89 bits per heavy atom. The first-order valence-corrected chi connectivity index (χ1v) is 12.8. The van der Waals surface area contributed by atoms with Crippen molar-refractivity contribution in [1.29, 1.82) is 0 Å². The summed E-state index contributed by atoms with van der Waals surface area (Å²) in [5, 5.41) is 3.32. The first kappa shape index (κ1) is 25.5. The third-order valence-electron chi connectivity index (χ3n) is 7.10. The molecule has 1 aliphatic rings. The molecule has 4 aromatic rings. The van der Waals surface area contributed by atoms with Gasteiger partial charge in [0.25, 0.3) is 0 Å². The van der Waals surface area contributed by atoms with Crippen LogP contribution in [0.1, 0.15) is 17.5 Å². The maximum Gasteiger partial charge on any atom is 0.227 e. The van der Waals surface area contributed by atoms with E-state index >= 15 is 0 Å². The van der Waals surface area contributed by atoms with Gasteiger partial charge in [-0.3, -0.25) is 19.6 Å².